The molecule has 106 valence electrons. The van der Waals surface area contributed by atoms with Crippen LogP contribution in [0.4, 0.5) is 0 Å². The average Bonchev–Trinajstić information content (AvgIpc) is 2.46. The van der Waals surface area contributed by atoms with Crippen molar-refractivity contribution in [3.8, 4) is 5.75 Å². The van der Waals surface area contributed by atoms with Crippen LogP contribution in [0.2, 0.25) is 0 Å². The van der Waals surface area contributed by atoms with Gasteiger partial charge in [0.05, 0.1) is 16.9 Å². The molecule has 20 heavy (non-hydrogen) atoms. The van der Waals surface area contributed by atoms with Gasteiger partial charge in [-0.2, -0.15) is 0 Å². The topological polar surface area (TPSA) is 76.3 Å². The Bertz CT molecular complexity index is 770. The maximum Gasteiger partial charge on any atom is 0.331 e. The molecule has 1 aromatic carbocycles. The van der Waals surface area contributed by atoms with Crippen molar-refractivity contribution < 1.29 is 5.11 Å². The van der Waals surface area contributed by atoms with E-state index in [0.717, 1.165) is 19.4 Å². The Labute approximate surface area is 115 Å². The normalized spacial score (nSPS) is 19.4. The number of phenols is 1. The number of piperidine rings is 1. The second-order valence-electron chi connectivity index (χ2n) is 5.19. The van der Waals surface area contributed by atoms with E-state index in [1.807, 2.05) is 0 Å². The van der Waals surface area contributed by atoms with E-state index < -0.39 is 0 Å². The monoisotopic (exact) mass is 275 g/mol. The van der Waals surface area contributed by atoms with Gasteiger partial charge in [0.25, 0.3) is 5.56 Å². The smallest absolute Gasteiger partial charge is 0.331 e. The number of aryl methyl sites for hydroxylation is 1. The summed E-state index contributed by atoms with van der Waals surface area (Å²) in [5.74, 6) is -0.0480. The fraction of sp³-hybridized carbons (Fsp3) is 0.429. The number of fused-ring (bicyclic) bond motifs is 1. The number of aromatic nitrogens is 2. The molecule has 0 saturated carbocycles. The summed E-state index contributed by atoms with van der Waals surface area (Å²) in [6.45, 7) is 1.54. The summed E-state index contributed by atoms with van der Waals surface area (Å²) in [7, 11) is 1.58. The zero-order chi connectivity index (χ0) is 14.3. The predicted molar refractivity (Wildman–Crippen MR) is 76.3 cm³/mol. The van der Waals surface area contributed by atoms with Crippen molar-refractivity contribution >= 4 is 10.9 Å². The van der Waals surface area contributed by atoms with Crippen LogP contribution >= 0.6 is 0 Å². The summed E-state index contributed by atoms with van der Waals surface area (Å²) in [5.41, 5.74) is -0.409. The summed E-state index contributed by atoms with van der Waals surface area (Å²) < 4.78 is 2.66. The highest BCUT2D eigenvalue weighted by atomic mass is 16.3. The van der Waals surface area contributed by atoms with Crippen LogP contribution in [0.25, 0.3) is 10.9 Å². The third kappa shape index (κ3) is 1.84. The van der Waals surface area contributed by atoms with E-state index in [1.54, 1.807) is 19.2 Å². The number of benzene rings is 1. The molecule has 3 rings (SSSR count). The van der Waals surface area contributed by atoms with Crippen LogP contribution in [-0.4, -0.2) is 27.3 Å². The van der Waals surface area contributed by atoms with Gasteiger partial charge in [-0.05, 0) is 31.5 Å². The SMILES string of the molecule is Cn1c(=O)n(C2CCCNC2)c(=O)c2cccc(O)c21. The molecule has 6 heteroatoms. The number of aromatic hydroxyl groups is 1. The summed E-state index contributed by atoms with van der Waals surface area (Å²) in [5, 5.41) is 13.5. The average molecular weight is 275 g/mol. The molecular weight excluding hydrogens is 258 g/mol. The Morgan fingerprint density at radius 2 is 2.15 bits per heavy atom. The first kappa shape index (κ1) is 12.9. The Kier molecular flexibility index (Phi) is 3.10. The molecule has 0 bridgehead atoms. The zero-order valence-corrected chi connectivity index (χ0v) is 11.3. The Morgan fingerprint density at radius 3 is 2.85 bits per heavy atom. The van der Waals surface area contributed by atoms with Gasteiger partial charge in [-0.25, -0.2) is 4.79 Å². The van der Waals surface area contributed by atoms with Gasteiger partial charge in [0, 0.05) is 13.6 Å². The number of rotatable bonds is 1. The van der Waals surface area contributed by atoms with Crippen molar-refractivity contribution in [3.63, 3.8) is 0 Å². The summed E-state index contributed by atoms with van der Waals surface area (Å²) in [6.07, 6.45) is 1.75. The van der Waals surface area contributed by atoms with Gasteiger partial charge in [-0.15, -0.1) is 0 Å². The maximum absolute atomic E-state index is 12.6. The highest BCUT2D eigenvalue weighted by molar-refractivity contribution is 5.83. The van der Waals surface area contributed by atoms with Crippen LogP contribution in [-0.2, 0) is 7.05 Å². The van der Waals surface area contributed by atoms with Gasteiger partial charge in [-0.3, -0.25) is 13.9 Å². The largest absolute Gasteiger partial charge is 0.506 e. The van der Waals surface area contributed by atoms with Crippen LogP contribution in [0.1, 0.15) is 18.9 Å². The van der Waals surface area contributed by atoms with Crippen LogP contribution in [0.5, 0.6) is 5.75 Å². The number of nitrogens with zero attached hydrogens (tertiary/aromatic N) is 2. The van der Waals surface area contributed by atoms with E-state index in [4.69, 9.17) is 0 Å². The third-order valence-electron chi connectivity index (χ3n) is 3.93. The molecule has 6 nitrogen and oxygen atoms in total. The van der Waals surface area contributed by atoms with Gasteiger partial charge in [0.1, 0.15) is 5.75 Å². The van der Waals surface area contributed by atoms with Crippen molar-refractivity contribution in [1.82, 2.24) is 14.5 Å². The lowest BCUT2D eigenvalue weighted by molar-refractivity contribution is 0.351. The quantitative estimate of drug-likeness (QED) is 0.786. The zero-order valence-electron chi connectivity index (χ0n) is 11.3. The summed E-state index contributed by atoms with van der Waals surface area (Å²) in [4.78, 5) is 25.0. The Balaban J connectivity index is 2.34. The molecule has 1 saturated heterocycles. The first-order chi connectivity index (χ1) is 9.61. The second-order valence-corrected chi connectivity index (χ2v) is 5.19. The fourth-order valence-electron chi connectivity index (χ4n) is 2.91. The van der Waals surface area contributed by atoms with E-state index >= 15 is 0 Å². The molecule has 1 aliphatic heterocycles. The number of phenolic OH excluding ortho intramolecular Hbond substituents is 1. The Hall–Kier alpha value is -2.08. The number of hydrogen-bond donors (Lipinski definition) is 2. The van der Waals surface area contributed by atoms with E-state index in [9.17, 15) is 14.7 Å². The summed E-state index contributed by atoms with van der Waals surface area (Å²) >= 11 is 0. The van der Waals surface area contributed by atoms with Crippen LogP contribution in [0.15, 0.2) is 27.8 Å². The van der Waals surface area contributed by atoms with Crippen molar-refractivity contribution in [1.29, 1.82) is 0 Å². The van der Waals surface area contributed by atoms with E-state index in [1.165, 1.54) is 15.2 Å². The first-order valence-corrected chi connectivity index (χ1v) is 6.75. The molecular formula is C14H17N3O3. The molecule has 1 aromatic heterocycles. The lowest BCUT2D eigenvalue weighted by Gasteiger charge is -2.25. The highest BCUT2D eigenvalue weighted by Crippen LogP contribution is 2.21. The van der Waals surface area contributed by atoms with Crippen LogP contribution < -0.4 is 16.6 Å². The molecule has 2 heterocycles. The van der Waals surface area contributed by atoms with Gasteiger partial charge < -0.3 is 10.4 Å². The minimum atomic E-state index is -0.377. The standard InChI is InChI=1S/C14H17N3O3/c1-16-12-10(5-2-6-11(12)18)13(19)17(14(16)20)9-4-3-7-15-8-9/h2,5-6,9,15,18H,3-4,7-8H2,1H3. The molecule has 2 aromatic rings. The number of nitrogens with one attached hydrogen (secondary N) is 1. The molecule has 0 radical (unpaired) electrons. The van der Waals surface area contributed by atoms with Gasteiger partial charge >= 0.3 is 5.69 Å². The number of para-hydroxylation sites is 1. The van der Waals surface area contributed by atoms with E-state index in [0.29, 0.717) is 17.4 Å². The van der Waals surface area contributed by atoms with Crippen molar-refractivity contribution in [2.75, 3.05) is 13.1 Å². The molecule has 1 fully saturated rings. The van der Waals surface area contributed by atoms with Crippen molar-refractivity contribution in [3.05, 3.63) is 39.0 Å². The van der Waals surface area contributed by atoms with Crippen LogP contribution in [0, 0.1) is 0 Å². The van der Waals surface area contributed by atoms with Crippen molar-refractivity contribution in [2.45, 2.75) is 18.9 Å². The lowest BCUT2D eigenvalue weighted by atomic mass is 10.1. The molecule has 1 aliphatic rings. The van der Waals surface area contributed by atoms with Crippen molar-refractivity contribution in [2.24, 2.45) is 7.05 Å². The van der Waals surface area contributed by atoms with Gasteiger partial charge in [0.2, 0.25) is 0 Å². The second kappa shape index (κ2) is 4.79. The third-order valence-corrected chi connectivity index (χ3v) is 3.93. The minimum absolute atomic E-state index is 0.0480. The summed E-state index contributed by atoms with van der Waals surface area (Å²) in [6, 6.07) is 4.62. The first-order valence-electron chi connectivity index (χ1n) is 6.75. The molecule has 0 amide bonds. The molecule has 2 N–H and O–H groups in total. The minimum Gasteiger partial charge on any atom is -0.506 e. The van der Waals surface area contributed by atoms with Gasteiger partial charge in [-0.1, -0.05) is 6.07 Å². The van der Waals surface area contributed by atoms with Crippen LogP contribution in [0.3, 0.4) is 0 Å². The number of hydrogen-bond acceptors (Lipinski definition) is 4. The molecule has 1 atom stereocenters. The van der Waals surface area contributed by atoms with E-state index in [-0.39, 0.29) is 23.0 Å². The molecule has 0 aliphatic carbocycles. The Morgan fingerprint density at radius 1 is 1.35 bits per heavy atom. The fourth-order valence-corrected chi connectivity index (χ4v) is 2.91. The maximum atomic E-state index is 12.6. The highest BCUT2D eigenvalue weighted by Gasteiger charge is 2.21. The molecule has 1 unspecified atom stereocenters. The van der Waals surface area contributed by atoms with E-state index in [2.05, 4.69) is 5.32 Å². The predicted octanol–water partition coefficient (Wildman–Crippen LogP) is 0.330. The lowest BCUT2D eigenvalue weighted by Crippen LogP contribution is -2.46. The van der Waals surface area contributed by atoms with Gasteiger partial charge in [0.15, 0.2) is 0 Å². The molecule has 0 spiro atoms.